The van der Waals surface area contributed by atoms with Crippen molar-refractivity contribution in [2.75, 3.05) is 25.0 Å². The van der Waals surface area contributed by atoms with Gasteiger partial charge >= 0.3 is 0 Å². The molecule has 26 heavy (non-hydrogen) atoms. The molecule has 3 rings (SSSR count). The zero-order valence-corrected chi connectivity index (χ0v) is 16.1. The Hall–Kier alpha value is -2.18. The van der Waals surface area contributed by atoms with Gasteiger partial charge in [-0.05, 0) is 50.5 Å². The van der Waals surface area contributed by atoms with Gasteiger partial charge in [-0.1, -0.05) is 18.2 Å². The van der Waals surface area contributed by atoms with Crippen LogP contribution >= 0.6 is 11.3 Å². The van der Waals surface area contributed by atoms with Crippen molar-refractivity contribution >= 4 is 28.8 Å². The first-order valence-corrected chi connectivity index (χ1v) is 9.78. The lowest BCUT2D eigenvalue weighted by molar-refractivity contribution is -0.117. The summed E-state index contributed by atoms with van der Waals surface area (Å²) in [6.45, 7) is 6.08. The fourth-order valence-electron chi connectivity index (χ4n) is 3.10. The van der Waals surface area contributed by atoms with Crippen LogP contribution < -0.4 is 10.6 Å². The average molecular weight is 372 g/mol. The summed E-state index contributed by atoms with van der Waals surface area (Å²) in [6, 6.07) is 11.6. The number of amides is 2. The second-order valence-electron chi connectivity index (χ2n) is 6.79. The lowest BCUT2D eigenvalue weighted by atomic mass is 10.0. The highest BCUT2D eigenvalue weighted by Crippen LogP contribution is 2.21. The van der Waals surface area contributed by atoms with Crippen LogP contribution in [0.25, 0.3) is 0 Å². The average Bonchev–Trinajstić information content (AvgIpc) is 2.96. The summed E-state index contributed by atoms with van der Waals surface area (Å²) < 4.78 is 0. The normalized spacial score (nSPS) is 15.6. The van der Waals surface area contributed by atoms with E-state index >= 15 is 0 Å². The second-order valence-corrected chi connectivity index (χ2v) is 8.04. The number of carbonyl (C=O) groups is 2. The van der Waals surface area contributed by atoms with Gasteiger partial charge in [-0.2, -0.15) is 0 Å². The first-order valence-electron chi connectivity index (χ1n) is 8.96. The predicted octanol–water partition coefficient (Wildman–Crippen LogP) is 3.20. The number of thiophene rings is 1. The Labute approximate surface area is 158 Å². The number of likely N-dealkylation sites (tertiary alicyclic amines) is 1. The molecule has 0 radical (unpaired) electrons. The summed E-state index contributed by atoms with van der Waals surface area (Å²) in [5.41, 5.74) is 1.99. The van der Waals surface area contributed by atoms with E-state index in [1.165, 1.54) is 10.4 Å². The third-order valence-electron chi connectivity index (χ3n) is 4.74. The minimum absolute atomic E-state index is 0.00298. The highest BCUT2D eigenvalue weighted by molar-refractivity contribution is 7.14. The molecule has 2 N–H and O–H groups in total. The number of carbonyl (C=O) groups excluding carboxylic acids is 2. The van der Waals surface area contributed by atoms with E-state index < -0.39 is 0 Å². The van der Waals surface area contributed by atoms with Gasteiger partial charge in [0.05, 0.1) is 11.4 Å². The number of anilines is 1. The molecule has 1 aliphatic rings. The van der Waals surface area contributed by atoms with Crippen LogP contribution in [0.2, 0.25) is 0 Å². The molecule has 2 aromatic rings. The standard InChI is InChI=1S/C20H25N3O2S/c1-14-12-18(26-15(14)2)20(25)22-17-8-10-23(11-9-17)13-19(24)21-16-6-4-3-5-7-16/h3-7,12,17H,8-11,13H2,1-2H3,(H,21,24)(H,22,25). The first-order chi connectivity index (χ1) is 12.5. The van der Waals surface area contributed by atoms with Crippen molar-refractivity contribution in [3.05, 3.63) is 51.7 Å². The molecule has 1 aromatic heterocycles. The third kappa shape index (κ3) is 4.93. The number of piperidine rings is 1. The molecule has 0 saturated carbocycles. The molecule has 0 atom stereocenters. The van der Waals surface area contributed by atoms with Crippen molar-refractivity contribution in [2.45, 2.75) is 32.7 Å². The van der Waals surface area contributed by atoms with Crippen molar-refractivity contribution in [1.82, 2.24) is 10.2 Å². The molecule has 0 unspecified atom stereocenters. The van der Waals surface area contributed by atoms with E-state index in [-0.39, 0.29) is 17.9 Å². The summed E-state index contributed by atoms with van der Waals surface area (Å²) in [4.78, 5) is 28.6. The molecule has 1 saturated heterocycles. The van der Waals surface area contributed by atoms with Gasteiger partial charge in [0.15, 0.2) is 0 Å². The van der Waals surface area contributed by atoms with Gasteiger partial charge in [0.1, 0.15) is 0 Å². The Balaban J connectivity index is 1.42. The van der Waals surface area contributed by atoms with Gasteiger partial charge in [0.25, 0.3) is 5.91 Å². The summed E-state index contributed by atoms with van der Waals surface area (Å²) in [5, 5.41) is 6.05. The van der Waals surface area contributed by atoms with Crippen LogP contribution in [0.15, 0.2) is 36.4 Å². The maximum Gasteiger partial charge on any atom is 0.261 e. The van der Waals surface area contributed by atoms with E-state index in [0.717, 1.165) is 36.5 Å². The number of rotatable bonds is 5. The molecule has 0 aliphatic carbocycles. The molecular weight excluding hydrogens is 346 g/mol. The Kier molecular flexibility index (Phi) is 6.06. The summed E-state index contributed by atoms with van der Waals surface area (Å²) in [6.07, 6.45) is 1.74. The maximum absolute atomic E-state index is 12.4. The zero-order chi connectivity index (χ0) is 18.5. The van der Waals surface area contributed by atoms with Gasteiger partial charge in [-0.3, -0.25) is 14.5 Å². The number of para-hydroxylation sites is 1. The van der Waals surface area contributed by atoms with Crippen molar-refractivity contribution < 1.29 is 9.59 Å². The minimum atomic E-state index is 0.00298. The summed E-state index contributed by atoms with van der Waals surface area (Å²) in [5.74, 6) is 0.0229. The highest BCUT2D eigenvalue weighted by atomic mass is 32.1. The first kappa shape index (κ1) is 18.6. The van der Waals surface area contributed by atoms with Crippen LogP contribution in [-0.2, 0) is 4.79 Å². The molecule has 6 heteroatoms. The molecule has 1 aromatic carbocycles. The molecule has 0 spiro atoms. The molecule has 5 nitrogen and oxygen atoms in total. The van der Waals surface area contributed by atoms with Crippen molar-refractivity contribution in [2.24, 2.45) is 0 Å². The van der Waals surface area contributed by atoms with Gasteiger partial charge in [-0.15, -0.1) is 11.3 Å². The molecule has 138 valence electrons. The fourth-order valence-corrected chi connectivity index (χ4v) is 4.04. The number of hydrogen-bond acceptors (Lipinski definition) is 4. The van der Waals surface area contributed by atoms with E-state index in [9.17, 15) is 9.59 Å². The van der Waals surface area contributed by atoms with E-state index in [0.29, 0.717) is 6.54 Å². The topological polar surface area (TPSA) is 61.4 Å². The van der Waals surface area contributed by atoms with Crippen LogP contribution in [0.5, 0.6) is 0 Å². The van der Waals surface area contributed by atoms with Gasteiger partial charge in [0.2, 0.25) is 5.91 Å². The Morgan fingerprint density at radius 2 is 1.85 bits per heavy atom. The van der Waals surface area contributed by atoms with Crippen LogP contribution in [-0.4, -0.2) is 42.4 Å². The van der Waals surface area contributed by atoms with E-state index in [4.69, 9.17) is 0 Å². The lowest BCUT2D eigenvalue weighted by Crippen LogP contribution is -2.46. The summed E-state index contributed by atoms with van der Waals surface area (Å²) in [7, 11) is 0. The van der Waals surface area contributed by atoms with Crippen molar-refractivity contribution in [1.29, 1.82) is 0 Å². The Bertz CT molecular complexity index is 745. The number of benzene rings is 1. The zero-order valence-electron chi connectivity index (χ0n) is 15.2. The van der Waals surface area contributed by atoms with Crippen molar-refractivity contribution in [3.8, 4) is 0 Å². The molecule has 0 bridgehead atoms. The third-order valence-corrected chi connectivity index (χ3v) is 5.89. The van der Waals surface area contributed by atoms with Gasteiger partial charge in [-0.25, -0.2) is 0 Å². The Morgan fingerprint density at radius 3 is 2.46 bits per heavy atom. The minimum Gasteiger partial charge on any atom is -0.349 e. The monoisotopic (exact) mass is 371 g/mol. The largest absolute Gasteiger partial charge is 0.349 e. The number of aryl methyl sites for hydroxylation is 2. The molecule has 1 fully saturated rings. The number of nitrogens with zero attached hydrogens (tertiary/aromatic N) is 1. The van der Waals surface area contributed by atoms with Crippen LogP contribution in [0.1, 0.15) is 33.0 Å². The quantitative estimate of drug-likeness (QED) is 0.848. The van der Waals surface area contributed by atoms with E-state index in [2.05, 4.69) is 15.5 Å². The smallest absolute Gasteiger partial charge is 0.261 e. The molecule has 2 heterocycles. The van der Waals surface area contributed by atoms with Crippen LogP contribution in [0.3, 0.4) is 0 Å². The van der Waals surface area contributed by atoms with Gasteiger partial charge in [0, 0.05) is 29.7 Å². The molecule has 2 amide bonds. The van der Waals surface area contributed by atoms with Gasteiger partial charge < -0.3 is 10.6 Å². The number of nitrogens with one attached hydrogen (secondary N) is 2. The van der Waals surface area contributed by atoms with E-state index in [1.54, 1.807) is 11.3 Å². The predicted molar refractivity (Wildman–Crippen MR) is 106 cm³/mol. The SMILES string of the molecule is Cc1cc(C(=O)NC2CCN(CC(=O)Nc3ccccc3)CC2)sc1C. The number of hydrogen-bond donors (Lipinski definition) is 2. The molecule has 1 aliphatic heterocycles. The lowest BCUT2D eigenvalue weighted by Gasteiger charge is -2.31. The Morgan fingerprint density at radius 1 is 1.15 bits per heavy atom. The maximum atomic E-state index is 12.4. The fraction of sp³-hybridized carbons (Fsp3) is 0.400. The van der Waals surface area contributed by atoms with Crippen LogP contribution in [0, 0.1) is 13.8 Å². The summed E-state index contributed by atoms with van der Waals surface area (Å²) >= 11 is 1.55. The van der Waals surface area contributed by atoms with Crippen LogP contribution in [0.4, 0.5) is 5.69 Å². The van der Waals surface area contributed by atoms with E-state index in [1.807, 2.05) is 50.2 Å². The molecular formula is C20H25N3O2S. The van der Waals surface area contributed by atoms with Crippen molar-refractivity contribution in [3.63, 3.8) is 0 Å². The highest BCUT2D eigenvalue weighted by Gasteiger charge is 2.23. The second kappa shape index (κ2) is 8.47.